The maximum Gasteiger partial charge on any atom is 0.337 e. The van der Waals surface area contributed by atoms with Crippen molar-refractivity contribution in [2.24, 2.45) is 0 Å². The fraction of sp³-hybridized carbons (Fsp3) is 0.294. The van der Waals surface area contributed by atoms with Crippen molar-refractivity contribution in [2.75, 3.05) is 5.32 Å². The molecule has 6 heteroatoms. The van der Waals surface area contributed by atoms with Crippen LogP contribution in [0.2, 0.25) is 0 Å². The Balaban J connectivity index is 2.56. The quantitative estimate of drug-likeness (QED) is 0.865. The fourth-order valence-electron chi connectivity index (χ4n) is 2.30. The summed E-state index contributed by atoms with van der Waals surface area (Å²) in [5.74, 6) is -3.29. The Morgan fingerprint density at radius 2 is 1.91 bits per heavy atom. The molecule has 0 unspecified atom stereocenters. The van der Waals surface area contributed by atoms with Crippen molar-refractivity contribution in [1.82, 2.24) is 4.98 Å². The molecule has 0 aliphatic heterocycles. The monoisotopic (exact) mass is 320 g/mol. The van der Waals surface area contributed by atoms with Crippen molar-refractivity contribution in [2.45, 2.75) is 33.6 Å². The number of carboxylic acids is 1. The van der Waals surface area contributed by atoms with Gasteiger partial charge in [-0.25, -0.2) is 18.6 Å². The highest BCUT2D eigenvalue weighted by molar-refractivity contribution is 5.95. The number of benzene rings is 1. The summed E-state index contributed by atoms with van der Waals surface area (Å²) in [6, 6.07) is 3.02. The predicted molar refractivity (Wildman–Crippen MR) is 84.3 cm³/mol. The van der Waals surface area contributed by atoms with Gasteiger partial charge < -0.3 is 10.4 Å². The van der Waals surface area contributed by atoms with Gasteiger partial charge in [-0.3, -0.25) is 0 Å². The number of anilines is 2. The molecule has 0 saturated carbocycles. The third kappa shape index (κ3) is 3.31. The van der Waals surface area contributed by atoms with Crippen molar-refractivity contribution in [3.05, 3.63) is 52.2 Å². The van der Waals surface area contributed by atoms with E-state index in [9.17, 15) is 18.7 Å². The van der Waals surface area contributed by atoms with E-state index in [2.05, 4.69) is 10.3 Å². The summed E-state index contributed by atoms with van der Waals surface area (Å²) < 4.78 is 28.0. The Hall–Kier alpha value is -2.50. The molecular weight excluding hydrogens is 302 g/mol. The highest BCUT2D eigenvalue weighted by atomic mass is 19.2. The van der Waals surface area contributed by atoms with Crippen LogP contribution in [0, 0.1) is 18.6 Å². The molecule has 0 amide bonds. The molecule has 0 atom stereocenters. The zero-order valence-electron chi connectivity index (χ0n) is 13.2. The van der Waals surface area contributed by atoms with Gasteiger partial charge in [-0.2, -0.15) is 0 Å². The Morgan fingerprint density at radius 3 is 2.48 bits per heavy atom. The molecule has 1 heterocycles. The fourth-order valence-corrected chi connectivity index (χ4v) is 2.30. The molecule has 1 aromatic heterocycles. The van der Waals surface area contributed by atoms with Crippen molar-refractivity contribution < 1.29 is 18.7 Å². The highest BCUT2D eigenvalue weighted by Gasteiger charge is 2.21. The summed E-state index contributed by atoms with van der Waals surface area (Å²) in [6.45, 7) is 5.22. The minimum Gasteiger partial charge on any atom is -0.478 e. The number of hydrogen-bond donors (Lipinski definition) is 2. The summed E-state index contributed by atoms with van der Waals surface area (Å²) in [6.07, 6.45) is 3.06. The van der Waals surface area contributed by atoms with Gasteiger partial charge in [0.25, 0.3) is 0 Å². The molecule has 4 nitrogen and oxygen atoms in total. The number of nitrogens with zero attached hydrogens (tertiary/aromatic N) is 1. The Morgan fingerprint density at radius 1 is 1.22 bits per heavy atom. The van der Waals surface area contributed by atoms with Crippen LogP contribution in [0.25, 0.3) is 0 Å². The minimum atomic E-state index is -1.34. The van der Waals surface area contributed by atoms with E-state index < -0.39 is 23.3 Å². The summed E-state index contributed by atoms with van der Waals surface area (Å²) >= 11 is 0. The SMILES string of the molecule is CCc1cnc(Nc2c(C(=O)O)cc(C)c(F)c2F)c(CC)c1. The maximum absolute atomic E-state index is 14.2. The molecule has 2 rings (SSSR count). The lowest BCUT2D eigenvalue weighted by Crippen LogP contribution is -2.10. The van der Waals surface area contributed by atoms with Crippen LogP contribution < -0.4 is 5.32 Å². The van der Waals surface area contributed by atoms with Crippen molar-refractivity contribution in [3.8, 4) is 0 Å². The third-order valence-electron chi connectivity index (χ3n) is 3.67. The van der Waals surface area contributed by atoms with Gasteiger partial charge in [-0.05, 0) is 42.5 Å². The molecule has 0 fully saturated rings. The zero-order valence-corrected chi connectivity index (χ0v) is 13.2. The molecule has 2 N–H and O–H groups in total. The molecule has 0 bridgehead atoms. The smallest absolute Gasteiger partial charge is 0.337 e. The largest absolute Gasteiger partial charge is 0.478 e. The lowest BCUT2D eigenvalue weighted by molar-refractivity contribution is 0.0697. The van der Waals surface area contributed by atoms with Gasteiger partial charge in [0, 0.05) is 6.20 Å². The summed E-state index contributed by atoms with van der Waals surface area (Å²) in [5.41, 5.74) is 1.02. The first kappa shape index (κ1) is 16.9. The van der Waals surface area contributed by atoms with E-state index in [1.165, 1.54) is 6.92 Å². The van der Waals surface area contributed by atoms with E-state index in [0.717, 1.165) is 23.6 Å². The Labute approximate surface area is 133 Å². The van der Waals surface area contributed by atoms with Crippen LogP contribution in [-0.4, -0.2) is 16.1 Å². The predicted octanol–water partition coefficient (Wildman–Crippen LogP) is 4.23. The molecule has 23 heavy (non-hydrogen) atoms. The summed E-state index contributed by atoms with van der Waals surface area (Å²) in [4.78, 5) is 15.5. The lowest BCUT2D eigenvalue weighted by Gasteiger charge is -2.15. The van der Waals surface area contributed by atoms with Crippen LogP contribution >= 0.6 is 0 Å². The van der Waals surface area contributed by atoms with Crippen molar-refractivity contribution >= 4 is 17.5 Å². The summed E-state index contributed by atoms with van der Waals surface area (Å²) in [5, 5.41) is 11.9. The number of halogens is 2. The van der Waals surface area contributed by atoms with Crippen LogP contribution in [0.1, 0.15) is 40.9 Å². The average molecular weight is 320 g/mol. The molecule has 0 aliphatic carbocycles. The minimum absolute atomic E-state index is 0.0598. The molecule has 0 radical (unpaired) electrons. The topological polar surface area (TPSA) is 62.2 Å². The van der Waals surface area contributed by atoms with Gasteiger partial charge in [0.15, 0.2) is 11.6 Å². The van der Waals surface area contributed by atoms with E-state index in [1.807, 2.05) is 19.9 Å². The molecule has 0 saturated heterocycles. The molecule has 122 valence electrons. The van der Waals surface area contributed by atoms with E-state index in [-0.39, 0.29) is 11.1 Å². The van der Waals surface area contributed by atoms with Gasteiger partial charge in [-0.15, -0.1) is 0 Å². The van der Waals surface area contributed by atoms with Crippen LogP contribution in [0.3, 0.4) is 0 Å². The first-order valence-electron chi connectivity index (χ1n) is 7.35. The first-order valence-corrected chi connectivity index (χ1v) is 7.35. The lowest BCUT2D eigenvalue weighted by atomic mass is 10.1. The maximum atomic E-state index is 14.2. The Bertz CT molecular complexity index is 761. The van der Waals surface area contributed by atoms with E-state index in [1.54, 1.807) is 6.20 Å². The number of rotatable bonds is 5. The Kier molecular flexibility index (Phi) is 4.93. The number of carbonyl (C=O) groups is 1. The van der Waals surface area contributed by atoms with E-state index in [0.29, 0.717) is 12.2 Å². The van der Waals surface area contributed by atoms with Crippen molar-refractivity contribution in [1.29, 1.82) is 0 Å². The van der Waals surface area contributed by atoms with Crippen molar-refractivity contribution in [3.63, 3.8) is 0 Å². The number of aromatic nitrogens is 1. The molecule has 2 aromatic rings. The van der Waals surface area contributed by atoms with Crippen LogP contribution in [0.15, 0.2) is 18.3 Å². The van der Waals surface area contributed by atoms with Gasteiger partial charge in [0.05, 0.1) is 11.3 Å². The number of carboxylic acid groups (broad SMARTS) is 1. The first-order chi connectivity index (χ1) is 10.9. The molecule has 1 aromatic carbocycles. The number of pyridine rings is 1. The standard InChI is InChI=1S/C17H18F2N2O2/c1-4-10-7-11(5-2)16(20-8-10)21-15-12(17(22)23)6-9(3)13(18)14(15)19/h6-8H,4-5H2,1-3H3,(H,20,21)(H,22,23). The average Bonchev–Trinajstić information content (AvgIpc) is 2.54. The van der Waals surface area contributed by atoms with Crippen LogP contribution in [-0.2, 0) is 12.8 Å². The second-order valence-corrected chi connectivity index (χ2v) is 5.23. The van der Waals surface area contributed by atoms with Gasteiger partial charge in [-0.1, -0.05) is 19.9 Å². The number of aryl methyl sites for hydroxylation is 3. The van der Waals surface area contributed by atoms with Gasteiger partial charge >= 0.3 is 5.97 Å². The third-order valence-corrected chi connectivity index (χ3v) is 3.67. The normalized spacial score (nSPS) is 10.7. The van der Waals surface area contributed by atoms with E-state index in [4.69, 9.17) is 0 Å². The van der Waals surface area contributed by atoms with Crippen LogP contribution in [0.5, 0.6) is 0 Å². The van der Waals surface area contributed by atoms with E-state index >= 15 is 0 Å². The summed E-state index contributed by atoms with van der Waals surface area (Å²) in [7, 11) is 0. The van der Waals surface area contributed by atoms with Gasteiger partial charge in [0.1, 0.15) is 5.82 Å². The zero-order chi connectivity index (χ0) is 17.1. The molecule has 0 aliphatic rings. The second-order valence-electron chi connectivity index (χ2n) is 5.23. The highest BCUT2D eigenvalue weighted by Crippen LogP contribution is 2.29. The number of hydrogen-bond acceptors (Lipinski definition) is 3. The number of aromatic carboxylic acids is 1. The van der Waals surface area contributed by atoms with Gasteiger partial charge in [0.2, 0.25) is 0 Å². The second kappa shape index (κ2) is 6.73. The molecule has 0 spiro atoms. The van der Waals surface area contributed by atoms with Crippen LogP contribution in [0.4, 0.5) is 20.3 Å². The molecular formula is C17H18F2N2O2. The number of nitrogens with one attached hydrogen (secondary N) is 1.